The second-order valence-corrected chi connectivity index (χ2v) is 6.89. The number of nitrogens with one attached hydrogen (secondary N) is 2. The highest BCUT2D eigenvalue weighted by atomic mass is 79.9. The number of anilines is 1. The summed E-state index contributed by atoms with van der Waals surface area (Å²) in [4.78, 5) is 21.9. The van der Waals surface area contributed by atoms with Crippen LogP contribution in [0.1, 0.15) is 0 Å². The van der Waals surface area contributed by atoms with Crippen molar-refractivity contribution >= 4 is 44.5 Å². The van der Waals surface area contributed by atoms with Crippen molar-refractivity contribution in [2.45, 2.75) is 0 Å². The summed E-state index contributed by atoms with van der Waals surface area (Å²) in [5, 5.41) is 5.32. The fourth-order valence-electron chi connectivity index (χ4n) is 2.24. The number of aliphatic imine (C=N–C) groups is 1. The number of carbonyl (C=O) groups excluding carboxylic acids is 1. The average molecular weight is 403 g/mol. The number of nitrogens with zero attached hydrogens (tertiary/aromatic N) is 2. The van der Waals surface area contributed by atoms with E-state index in [-0.39, 0.29) is 5.91 Å². The summed E-state index contributed by atoms with van der Waals surface area (Å²) < 4.78 is 0.914. The highest BCUT2D eigenvalue weighted by Crippen LogP contribution is 2.31. The minimum atomic E-state index is -0.249. The van der Waals surface area contributed by atoms with Crippen LogP contribution in [0, 0.1) is 0 Å². The van der Waals surface area contributed by atoms with Gasteiger partial charge in [-0.2, -0.15) is 9.93 Å². The molecule has 6 nitrogen and oxygen atoms in total. The van der Waals surface area contributed by atoms with Gasteiger partial charge in [0, 0.05) is 10.7 Å². The quantitative estimate of drug-likeness (QED) is 0.738. The molecule has 4 rings (SSSR count). The molecular weight excluding hydrogens is 392 g/mol. The molecule has 8 heteroatoms. The van der Waals surface area contributed by atoms with Crippen LogP contribution in [-0.2, 0) is 9.73 Å². The Kier molecular flexibility index (Phi) is 4.01. The Labute approximate surface area is 150 Å². The van der Waals surface area contributed by atoms with E-state index in [9.17, 15) is 4.79 Å². The number of thioether (sulfide) groups is 1. The SMILES string of the molecule is O=C1N=C(Nc2ccccc2Br)SC1=CC1=CC2=CNON2C=C1. The van der Waals surface area contributed by atoms with Crippen LogP contribution in [0.5, 0.6) is 0 Å². The number of amides is 1. The van der Waals surface area contributed by atoms with Crippen molar-refractivity contribution in [2.24, 2.45) is 4.99 Å². The number of hydrogen-bond donors (Lipinski definition) is 2. The smallest absolute Gasteiger partial charge is 0.286 e. The first-order valence-corrected chi connectivity index (χ1v) is 8.66. The fraction of sp³-hybridized carbons (Fsp3) is 0. The van der Waals surface area contributed by atoms with E-state index in [4.69, 9.17) is 4.94 Å². The zero-order valence-corrected chi connectivity index (χ0v) is 14.6. The molecule has 3 aliphatic rings. The molecule has 24 heavy (non-hydrogen) atoms. The van der Waals surface area contributed by atoms with Crippen LogP contribution in [0.4, 0.5) is 5.69 Å². The molecule has 3 heterocycles. The minimum Gasteiger partial charge on any atom is -0.333 e. The molecule has 0 saturated carbocycles. The topological polar surface area (TPSA) is 66.0 Å². The molecule has 0 aromatic heterocycles. The van der Waals surface area contributed by atoms with Gasteiger partial charge in [0.15, 0.2) is 5.17 Å². The number of carbonyl (C=O) groups is 1. The lowest BCUT2D eigenvalue weighted by atomic mass is 10.1. The number of para-hydroxylation sites is 1. The number of rotatable bonds is 2. The number of allylic oxidation sites excluding steroid dienone is 4. The molecule has 3 aliphatic heterocycles. The lowest BCUT2D eigenvalue weighted by molar-refractivity contribution is -0.113. The molecule has 120 valence electrons. The molecule has 1 amide bonds. The highest BCUT2D eigenvalue weighted by Gasteiger charge is 2.23. The minimum absolute atomic E-state index is 0.249. The van der Waals surface area contributed by atoms with Gasteiger partial charge >= 0.3 is 0 Å². The first kappa shape index (κ1) is 15.3. The maximum Gasteiger partial charge on any atom is 0.286 e. The zero-order valence-electron chi connectivity index (χ0n) is 12.2. The third-order valence-corrected chi connectivity index (χ3v) is 4.95. The van der Waals surface area contributed by atoms with Crippen molar-refractivity contribution in [2.75, 3.05) is 5.32 Å². The monoisotopic (exact) mass is 402 g/mol. The van der Waals surface area contributed by atoms with Crippen molar-refractivity contribution in [3.63, 3.8) is 0 Å². The molecule has 2 N–H and O–H groups in total. The van der Waals surface area contributed by atoms with E-state index in [2.05, 4.69) is 31.7 Å². The van der Waals surface area contributed by atoms with Gasteiger partial charge in [0.25, 0.3) is 5.91 Å². The molecule has 0 saturated heterocycles. The maximum atomic E-state index is 12.1. The molecule has 0 spiro atoms. The van der Waals surface area contributed by atoms with Crippen LogP contribution >= 0.6 is 27.7 Å². The predicted octanol–water partition coefficient (Wildman–Crippen LogP) is 3.42. The van der Waals surface area contributed by atoms with E-state index in [1.165, 1.54) is 11.8 Å². The summed E-state index contributed by atoms with van der Waals surface area (Å²) in [6.45, 7) is 0. The van der Waals surface area contributed by atoms with E-state index < -0.39 is 0 Å². The molecular formula is C16H11BrN4O2S. The van der Waals surface area contributed by atoms with Crippen molar-refractivity contribution in [1.82, 2.24) is 10.5 Å². The third kappa shape index (κ3) is 3.03. The Morgan fingerprint density at radius 3 is 3.12 bits per heavy atom. The summed E-state index contributed by atoms with van der Waals surface area (Å²) in [5.41, 5.74) is 5.30. The lowest BCUT2D eigenvalue weighted by Crippen LogP contribution is -2.15. The molecule has 0 unspecified atom stereocenters. The molecule has 1 aromatic rings. The van der Waals surface area contributed by atoms with E-state index in [0.29, 0.717) is 10.1 Å². The maximum absolute atomic E-state index is 12.1. The van der Waals surface area contributed by atoms with Crippen LogP contribution in [0.3, 0.4) is 0 Å². The third-order valence-electron chi connectivity index (χ3n) is 3.36. The zero-order chi connectivity index (χ0) is 16.5. The largest absolute Gasteiger partial charge is 0.333 e. The predicted molar refractivity (Wildman–Crippen MR) is 97.2 cm³/mol. The fourth-order valence-corrected chi connectivity index (χ4v) is 3.45. The molecule has 0 bridgehead atoms. The Morgan fingerprint density at radius 2 is 2.25 bits per heavy atom. The number of halogens is 1. The number of amidine groups is 1. The Balaban J connectivity index is 1.50. The van der Waals surface area contributed by atoms with Crippen molar-refractivity contribution in [1.29, 1.82) is 0 Å². The van der Waals surface area contributed by atoms with Gasteiger partial charge in [-0.1, -0.05) is 12.1 Å². The Morgan fingerprint density at radius 1 is 1.38 bits per heavy atom. The Hall–Kier alpha value is -2.29. The summed E-state index contributed by atoms with van der Waals surface area (Å²) >= 11 is 4.78. The first-order chi connectivity index (χ1) is 11.7. The number of hydrogen-bond acceptors (Lipinski definition) is 6. The molecule has 1 aromatic carbocycles. The molecule has 0 radical (unpaired) electrons. The van der Waals surface area contributed by atoms with Gasteiger partial charge < -0.3 is 5.32 Å². The summed E-state index contributed by atoms with van der Waals surface area (Å²) in [5.74, 6) is -0.249. The van der Waals surface area contributed by atoms with Crippen molar-refractivity contribution in [3.8, 4) is 0 Å². The number of fused-ring (bicyclic) bond motifs is 1. The van der Waals surface area contributed by atoms with Crippen molar-refractivity contribution in [3.05, 3.63) is 75.5 Å². The standard InChI is InChI=1S/C16H11BrN4O2S/c17-12-3-1-2-4-13(12)19-16-20-15(22)14(24-16)8-10-5-6-21-11(7-10)9-18-23-21/h1-9,18H,(H,19,20,22). The van der Waals surface area contributed by atoms with E-state index >= 15 is 0 Å². The van der Waals surface area contributed by atoms with E-state index in [1.807, 2.05) is 42.5 Å². The first-order valence-electron chi connectivity index (χ1n) is 7.05. The Bertz CT molecular complexity index is 873. The lowest BCUT2D eigenvalue weighted by Gasteiger charge is -2.15. The van der Waals surface area contributed by atoms with Gasteiger partial charge in [0.05, 0.1) is 22.5 Å². The number of benzene rings is 1. The van der Waals surface area contributed by atoms with Gasteiger partial charge in [-0.3, -0.25) is 4.79 Å². The molecule has 0 aliphatic carbocycles. The normalized spacial score (nSPS) is 20.5. The van der Waals surface area contributed by atoms with E-state index in [0.717, 1.165) is 21.4 Å². The van der Waals surface area contributed by atoms with Gasteiger partial charge in [-0.25, -0.2) is 10.5 Å². The summed E-state index contributed by atoms with van der Waals surface area (Å²) in [6.07, 6.45) is 9.12. The van der Waals surface area contributed by atoms with Crippen LogP contribution in [-0.4, -0.2) is 16.1 Å². The van der Waals surface area contributed by atoms with E-state index in [1.54, 1.807) is 17.5 Å². The van der Waals surface area contributed by atoms with Gasteiger partial charge in [0.1, 0.15) is 0 Å². The summed E-state index contributed by atoms with van der Waals surface area (Å²) in [7, 11) is 0. The van der Waals surface area contributed by atoms with Gasteiger partial charge in [-0.05, 0) is 63.6 Å². The average Bonchev–Trinajstić information content (AvgIpc) is 3.16. The molecule has 0 fully saturated rings. The van der Waals surface area contributed by atoms with Crippen LogP contribution < -0.4 is 10.8 Å². The van der Waals surface area contributed by atoms with Gasteiger partial charge in [0.2, 0.25) is 0 Å². The van der Waals surface area contributed by atoms with Crippen molar-refractivity contribution < 1.29 is 9.73 Å². The highest BCUT2D eigenvalue weighted by molar-refractivity contribution is 9.10. The second-order valence-electron chi connectivity index (χ2n) is 5.00. The van der Waals surface area contributed by atoms with Crippen LogP contribution in [0.2, 0.25) is 0 Å². The van der Waals surface area contributed by atoms with Crippen LogP contribution in [0.15, 0.2) is 80.5 Å². The van der Waals surface area contributed by atoms with Crippen LogP contribution in [0.25, 0.3) is 0 Å². The summed E-state index contributed by atoms with van der Waals surface area (Å²) in [6, 6.07) is 7.69. The number of hydroxylamine groups is 3. The van der Waals surface area contributed by atoms with Gasteiger partial charge in [-0.15, -0.1) is 0 Å². The second kappa shape index (κ2) is 6.31. The molecule has 0 atom stereocenters.